The number of aryl methyl sites for hydroxylation is 1. The number of hydrogen-bond acceptors (Lipinski definition) is 4. The lowest BCUT2D eigenvalue weighted by Gasteiger charge is -2.11. The standard InChI is InChI=1S/C25H26N4O/c1-17-8-10-19(11-9-17)18(2)26-29-25(30)24-16-23(27-28-24)22-14-12-21(13-15-22)20-6-4-3-5-7-20/h3-15,23-24,27-28H,16H2,1-2H3,(H,29,30)/b26-18+. The first kappa shape index (κ1) is 20.0. The van der Waals surface area contributed by atoms with Crippen LogP contribution < -0.4 is 16.3 Å². The maximum atomic E-state index is 12.5. The van der Waals surface area contributed by atoms with Crippen LogP contribution in [0.5, 0.6) is 0 Å². The molecular formula is C25H26N4O. The molecule has 0 saturated carbocycles. The second-order valence-corrected chi connectivity index (χ2v) is 7.66. The van der Waals surface area contributed by atoms with Gasteiger partial charge in [-0.25, -0.2) is 16.3 Å². The number of nitrogens with zero attached hydrogens (tertiary/aromatic N) is 1. The monoisotopic (exact) mass is 398 g/mol. The number of carbonyl (C=O) groups excluding carboxylic acids is 1. The molecule has 0 aromatic heterocycles. The summed E-state index contributed by atoms with van der Waals surface area (Å²) in [5.41, 5.74) is 15.5. The van der Waals surface area contributed by atoms with Gasteiger partial charge in [0.1, 0.15) is 6.04 Å². The Kier molecular flexibility index (Phi) is 6.02. The number of rotatable bonds is 5. The van der Waals surface area contributed by atoms with Gasteiger partial charge >= 0.3 is 0 Å². The molecule has 1 heterocycles. The van der Waals surface area contributed by atoms with Crippen LogP contribution in [0.2, 0.25) is 0 Å². The Morgan fingerprint density at radius 3 is 2.27 bits per heavy atom. The smallest absolute Gasteiger partial charge is 0.258 e. The molecule has 4 rings (SSSR count). The zero-order valence-electron chi connectivity index (χ0n) is 17.2. The second kappa shape index (κ2) is 9.03. The van der Waals surface area contributed by atoms with E-state index in [1.165, 1.54) is 16.7 Å². The first-order valence-electron chi connectivity index (χ1n) is 10.2. The number of amides is 1. The Hall–Kier alpha value is -3.28. The van der Waals surface area contributed by atoms with Gasteiger partial charge in [-0.1, -0.05) is 84.4 Å². The van der Waals surface area contributed by atoms with Crippen LogP contribution in [-0.4, -0.2) is 17.7 Å². The number of nitrogens with one attached hydrogen (secondary N) is 3. The lowest BCUT2D eigenvalue weighted by Crippen LogP contribution is -2.41. The van der Waals surface area contributed by atoms with Crippen molar-refractivity contribution in [3.63, 3.8) is 0 Å². The number of hydrazine groups is 1. The summed E-state index contributed by atoms with van der Waals surface area (Å²) in [6.07, 6.45) is 0.662. The Morgan fingerprint density at radius 1 is 0.900 bits per heavy atom. The first-order valence-corrected chi connectivity index (χ1v) is 10.2. The van der Waals surface area contributed by atoms with Gasteiger partial charge in [0.05, 0.1) is 5.71 Å². The van der Waals surface area contributed by atoms with Gasteiger partial charge in [0.25, 0.3) is 5.91 Å². The molecule has 0 bridgehead atoms. The molecule has 152 valence electrons. The van der Waals surface area contributed by atoms with E-state index in [-0.39, 0.29) is 18.0 Å². The van der Waals surface area contributed by atoms with Crippen LogP contribution in [0, 0.1) is 6.92 Å². The molecule has 2 unspecified atom stereocenters. The summed E-state index contributed by atoms with van der Waals surface area (Å²) in [7, 11) is 0. The van der Waals surface area contributed by atoms with E-state index < -0.39 is 0 Å². The predicted molar refractivity (Wildman–Crippen MR) is 121 cm³/mol. The number of benzene rings is 3. The van der Waals surface area contributed by atoms with E-state index in [4.69, 9.17) is 0 Å². The van der Waals surface area contributed by atoms with Crippen LogP contribution in [0.4, 0.5) is 0 Å². The minimum Gasteiger partial charge on any atom is -0.271 e. The minimum atomic E-state index is -0.335. The molecule has 3 aromatic carbocycles. The number of hydrogen-bond donors (Lipinski definition) is 3. The predicted octanol–water partition coefficient (Wildman–Crippen LogP) is 4.11. The molecule has 30 heavy (non-hydrogen) atoms. The molecule has 1 saturated heterocycles. The molecule has 5 heteroatoms. The van der Waals surface area contributed by atoms with E-state index in [0.29, 0.717) is 6.42 Å². The highest BCUT2D eigenvalue weighted by Crippen LogP contribution is 2.26. The van der Waals surface area contributed by atoms with E-state index in [0.717, 1.165) is 16.8 Å². The average molecular weight is 399 g/mol. The molecule has 1 aliphatic heterocycles. The van der Waals surface area contributed by atoms with Crippen molar-refractivity contribution in [2.24, 2.45) is 5.10 Å². The highest BCUT2D eigenvalue weighted by Gasteiger charge is 2.30. The van der Waals surface area contributed by atoms with Crippen LogP contribution in [0.1, 0.15) is 36.1 Å². The maximum Gasteiger partial charge on any atom is 0.258 e. The van der Waals surface area contributed by atoms with Crippen molar-refractivity contribution in [1.29, 1.82) is 0 Å². The van der Waals surface area contributed by atoms with Crippen molar-refractivity contribution in [2.75, 3.05) is 0 Å². The second-order valence-electron chi connectivity index (χ2n) is 7.66. The van der Waals surface area contributed by atoms with E-state index in [1.807, 2.05) is 56.3 Å². The Bertz CT molecular complexity index is 1030. The Balaban J connectivity index is 1.35. The van der Waals surface area contributed by atoms with Gasteiger partial charge in [-0.05, 0) is 42.5 Å². The minimum absolute atomic E-state index is 0.0766. The SMILES string of the molecule is C/C(=N\NC(=O)C1CC(c2ccc(-c3ccccc3)cc2)NN1)c1ccc(C)cc1. The van der Waals surface area contributed by atoms with Gasteiger partial charge in [0, 0.05) is 6.04 Å². The van der Waals surface area contributed by atoms with Crippen molar-refractivity contribution in [2.45, 2.75) is 32.4 Å². The Morgan fingerprint density at radius 2 is 1.57 bits per heavy atom. The summed E-state index contributed by atoms with van der Waals surface area (Å²) in [4.78, 5) is 12.5. The molecule has 5 nitrogen and oxygen atoms in total. The summed E-state index contributed by atoms with van der Waals surface area (Å²) in [5, 5.41) is 4.26. The van der Waals surface area contributed by atoms with E-state index in [1.54, 1.807) is 0 Å². The number of hydrazone groups is 1. The van der Waals surface area contributed by atoms with Crippen LogP contribution in [0.3, 0.4) is 0 Å². The summed E-state index contributed by atoms with van der Waals surface area (Å²) >= 11 is 0. The summed E-state index contributed by atoms with van der Waals surface area (Å²) < 4.78 is 0. The van der Waals surface area contributed by atoms with Crippen molar-refractivity contribution in [3.8, 4) is 11.1 Å². The number of carbonyl (C=O) groups is 1. The fourth-order valence-corrected chi connectivity index (χ4v) is 3.56. The van der Waals surface area contributed by atoms with E-state index in [9.17, 15) is 4.79 Å². The molecule has 2 atom stereocenters. The molecule has 3 aromatic rings. The van der Waals surface area contributed by atoms with Gasteiger partial charge in [-0.2, -0.15) is 5.10 Å². The highest BCUT2D eigenvalue weighted by molar-refractivity contribution is 5.99. The maximum absolute atomic E-state index is 12.5. The fourth-order valence-electron chi connectivity index (χ4n) is 3.56. The zero-order chi connectivity index (χ0) is 20.9. The van der Waals surface area contributed by atoms with Crippen molar-refractivity contribution in [3.05, 3.63) is 95.6 Å². The van der Waals surface area contributed by atoms with Gasteiger partial charge in [0.2, 0.25) is 0 Å². The molecule has 3 N–H and O–H groups in total. The molecule has 0 radical (unpaired) electrons. The topological polar surface area (TPSA) is 65.5 Å². The summed E-state index contributed by atoms with van der Waals surface area (Å²) in [6.45, 7) is 3.94. The molecule has 1 fully saturated rings. The lowest BCUT2D eigenvalue weighted by atomic mass is 9.98. The van der Waals surface area contributed by atoms with Crippen LogP contribution in [0.15, 0.2) is 84.0 Å². The normalized spacial score (nSPS) is 18.9. The highest BCUT2D eigenvalue weighted by atomic mass is 16.2. The molecule has 0 aliphatic carbocycles. The fraction of sp³-hybridized carbons (Fsp3) is 0.200. The van der Waals surface area contributed by atoms with Crippen molar-refractivity contribution >= 4 is 11.6 Å². The quantitative estimate of drug-likeness (QED) is 0.448. The van der Waals surface area contributed by atoms with E-state index >= 15 is 0 Å². The van der Waals surface area contributed by atoms with Crippen LogP contribution in [-0.2, 0) is 4.79 Å². The van der Waals surface area contributed by atoms with Crippen molar-refractivity contribution in [1.82, 2.24) is 16.3 Å². The molecule has 1 amide bonds. The summed E-state index contributed by atoms with van der Waals surface area (Å²) in [6, 6.07) is 26.6. The third-order valence-electron chi connectivity index (χ3n) is 5.44. The van der Waals surface area contributed by atoms with Gasteiger partial charge < -0.3 is 0 Å². The van der Waals surface area contributed by atoms with Gasteiger partial charge in [0.15, 0.2) is 0 Å². The van der Waals surface area contributed by atoms with Crippen LogP contribution in [0.25, 0.3) is 11.1 Å². The van der Waals surface area contributed by atoms with E-state index in [2.05, 4.69) is 57.8 Å². The summed E-state index contributed by atoms with van der Waals surface area (Å²) in [5.74, 6) is -0.141. The largest absolute Gasteiger partial charge is 0.271 e. The molecular weight excluding hydrogens is 372 g/mol. The zero-order valence-corrected chi connectivity index (χ0v) is 17.2. The average Bonchev–Trinajstić information content (AvgIpc) is 3.29. The molecule has 0 spiro atoms. The van der Waals surface area contributed by atoms with Crippen LogP contribution >= 0.6 is 0 Å². The Labute approximate surface area is 177 Å². The lowest BCUT2D eigenvalue weighted by molar-refractivity contribution is -0.122. The third-order valence-corrected chi connectivity index (χ3v) is 5.44. The van der Waals surface area contributed by atoms with Crippen molar-refractivity contribution < 1.29 is 4.79 Å². The molecule has 1 aliphatic rings. The van der Waals surface area contributed by atoms with Gasteiger partial charge in [-0.15, -0.1) is 0 Å². The third kappa shape index (κ3) is 4.64. The van der Waals surface area contributed by atoms with Gasteiger partial charge in [-0.3, -0.25) is 4.79 Å². The first-order chi connectivity index (χ1) is 14.6.